The Morgan fingerprint density at radius 1 is 1.19 bits per heavy atom. The third-order valence-corrected chi connectivity index (χ3v) is 5.28. The van der Waals surface area contributed by atoms with Crippen molar-refractivity contribution in [3.8, 4) is 0 Å². The second-order valence-electron chi connectivity index (χ2n) is 6.61. The molecule has 1 amide bonds. The van der Waals surface area contributed by atoms with Crippen molar-refractivity contribution in [3.05, 3.63) is 12.2 Å². The number of carbonyl (C=O) groups is 2. The number of fused-ring (bicyclic) bond motifs is 2. The lowest BCUT2D eigenvalue weighted by atomic mass is 9.82. The molecule has 0 aromatic rings. The summed E-state index contributed by atoms with van der Waals surface area (Å²) in [5, 5.41) is 9.44. The highest BCUT2D eigenvalue weighted by Crippen LogP contribution is 2.48. The molecule has 1 saturated heterocycles. The molecule has 1 N–H and O–H groups in total. The van der Waals surface area contributed by atoms with Crippen LogP contribution in [0.25, 0.3) is 0 Å². The highest BCUT2D eigenvalue weighted by molar-refractivity contribution is 5.86. The number of hydrogen-bond donors (Lipinski definition) is 1. The summed E-state index contributed by atoms with van der Waals surface area (Å²) in [5.41, 5.74) is 0. The van der Waals surface area contributed by atoms with E-state index < -0.39 is 11.9 Å². The molecule has 1 aliphatic heterocycles. The molecule has 5 nitrogen and oxygen atoms in total. The summed E-state index contributed by atoms with van der Waals surface area (Å²) in [4.78, 5) is 26.0. The third kappa shape index (κ3) is 2.71. The maximum atomic E-state index is 12.7. The van der Waals surface area contributed by atoms with Crippen molar-refractivity contribution in [1.82, 2.24) is 4.90 Å². The SMILES string of the molecule is CN(CC1CCOCC1)C(=O)[C@H]1C2C=CC(C2)[C@H]1C(=O)O. The molecule has 21 heavy (non-hydrogen) atoms. The van der Waals surface area contributed by atoms with Gasteiger partial charge in [-0.15, -0.1) is 0 Å². The topological polar surface area (TPSA) is 66.8 Å². The molecule has 1 heterocycles. The lowest BCUT2D eigenvalue weighted by Crippen LogP contribution is -2.43. The molecule has 3 rings (SSSR count). The number of amides is 1. The van der Waals surface area contributed by atoms with E-state index in [9.17, 15) is 14.7 Å². The van der Waals surface area contributed by atoms with Gasteiger partial charge >= 0.3 is 5.97 Å². The standard InChI is InChI=1S/C16H23NO4/c1-17(9-10-4-6-21-7-5-10)15(18)13-11-2-3-12(8-11)14(13)16(19)20/h2-3,10-14H,4-9H2,1H3,(H,19,20)/t11?,12?,13-,14+/m0/s1. The zero-order valence-electron chi connectivity index (χ0n) is 12.4. The van der Waals surface area contributed by atoms with Crippen LogP contribution in [0.3, 0.4) is 0 Å². The van der Waals surface area contributed by atoms with Crippen LogP contribution in [0.15, 0.2) is 12.2 Å². The molecule has 2 aliphatic carbocycles. The second kappa shape index (κ2) is 5.79. The zero-order valence-corrected chi connectivity index (χ0v) is 12.4. The Hall–Kier alpha value is -1.36. The molecule has 0 spiro atoms. The summed E-state index contributed by atoms with van der Waals surface area (Å²) in [6.07, 6.45) is 6.80. The third-order valence-electron chi connectivity index (χ3n) is 5.28. The highest BCUT2D eigenvalue weighted by Gasteiger charge is 2.52. The number of hydrogen-bond acceptors (Lipinski definition) is 3. The first-order valence-corrected chi connectivity index (χ1v) is 7.81. The number of carbonyl (C=O) groups excluding carboxylic acids is 1. The lowest BCUT2D eigenvalue weighted by molar-refractivity contribution is -0.150. The van der Waals surface area contributed by atoms with Gasteiger partial charge in [0, 0.05) is 26.8 Å². The molecule has 0 radical (unpaired) electrons. The summed E-state index contributed by atoms with van der Waals surface area (Å²) in [6, 6.07) is 0. The summed E-state index contributed by atoms with van der Waals surface area (Å²) >= 11 is 0. The Morgan fingerprint density at radius 2 is 1.81 bits per heavy atom. The number of nitrogens with zero attached hydrogens (tertiary/aromatic N) is 1. The van der Waals surface area contributed by atoms with Crippen LogP contribution >= 0.6 is 0 Å². The molecule has 116 valence electrons. The quantitative estimate of drug-likeness (QED) is 0.796. The van der Waals surface area contributed by atoms with Crippen LogP contribution in [-0.4, -0.2) is 48.7 Å². The number of carboxylic acids is 1. The minimum Gasteiger partial charge on any atom is -0.481 e. The molecular formula is C16H23NO4. The molecule has 2 bridgehead atoms. The summed E-state index contributed by atoms with van der Waals surface area (Å²) in [6.45, 7) is 2.24. The Balaban J connectivity index is 1.66. The van der Waals surface area contributed by atoms with Crippen molar-refractivity contribution >= 4 is 11.9 Å². The number of rotatable bonds is 4. The smallest absolute Gasteiger partial charge is 0.307 e. The first-order valence-electron chi connectivity index (χ1n) is 7.81. The Bertz CT molecular complexity index is 455. The van der Waals surface area contributed by atoms with Gasteiger partial charge in [0.1, 0.15) is 0 Å². The van der Waals surface area contributed by atoms with Gasteiger partial charge < -0.3 is 14.7 Å². The normalized spacial score (nSPS) is 35.1. The van der Waals surface area contributed by atoms with Crippen molar-refractivity contribution in [3.63, 3.8) is 0 Å². The lowest BCUT2D eigenvalue weighted by Gasteiger charge is -2.32. The van der Waals surface area contributed by atoms with Gasteiger partial charge in [0.2, 0.25) is 5.91 Å². The second-order valence-corrected chi connectivity index (χ2v) is 6.61. The highest BCUT2D eigenvalue weighted by atomic mass is 16.5. The molecule has 2 unspecified atom stereocenters. The van der Waals surface area contributed by atoms with Gasteiger partial charge in [-0.05, 0) is 37.0 Å². The first-order chi connectivity index (χ1) is 10.1. The van der Waals surface area contributed by atoms with Gasteiger partial charge in [0.25, 0.3) is 0 Å². The number of allylic oxidation sites excluding steroid dienone is 2. The Kier molecular flexibility index (Phi) is 4.02. The van der Waals surface area contributed by atoms with Crippen LogP contribution in [-0.2, 0) is 14.3 Å². The average Bonchev–Trinajstić information content (AvgIpc) is 3.08. The fourth-order valence-electron chi connectivity index (χ4n) is 4.16. The van der Waals surface area contributed by atoms with Gasteiger partial charge in [0.15, 0.2) is 0 Å². The molecule has 4 atom stereocenters. The van der Waals surface area contributed by atoms with E-state index in [0.717, 1.165) is 32.5 Å². The van der Waals surface area contributed by atoms with Crippen LogP contribution in [0.2, 0.25) is 0 Å². The van der Waals surface area contributed by atoms with E-state index in [1.54, 1.807) is 4.90 Å². The minimum absolute atomic E-state index is 0.00532. The van der Waals surface area contributed by atoms with Gasteiger partial charge in [-0.2, -0.15) is 0 Å². The molecular weight excluding hydrogens is 270 g/mol. The molecule has 1 saturated carbocycles. The van der Waals surface area contributed by atoms with Gasteiger partial charge in [-0.3, -0.25) is 9.59 Å². The van der Waals surface area contributed by atoms with Crippen LogP contribution in [0.4, 0.5) is 0 Å². The molecule has 0 aromatic heterocycles. The van der Waals surface area contributed by atoms with E-state index in [4.69, 9.17) is 4.74 Å². The predicted octanol–water partition coefficient (Wildman–Crippen LogP) is 1.39. The maximum Gasteiger partial charge on any atom is 0.307 e. The van der Waals surface area contributed by atoms with Crippen molar-refractivity contribution in [2.24, 2.45) is 29.6 Å². The van der Waals surface area contributed by atoms with Crippen molar-refractivity contribution in [2.45, 2.75) is 19.3 Å². The fraction of sp³-hybridized carbons (Fsp3) is 0.750. The monoisotopic (exact) mass is 293 g/mol. The molecule has 2 fully saturated rings. The first kappa shape index (κ1) is 14.6. The zero-order chi connectivity index (χ0) is 15.0. The largest absolute Gasteiger partial charge is 0.481 e. The van der Waals surface area contributed by atoms with E-state index in [0.29, 0.717) is 12.5 Å². The minimum atomic E-state index is -0.829. The Labute approximate surface area is 124 Å². The van der Waals surface area contributed by atoms with Gasteiger partial charge in [-0.1, -0.05) is 12.2 Å². The molecule has 3 aliphatic rings. The van der Waals surface area contributed by atoms with Crippen molar-refractivity contribution in [2.75, 3.05) is 26.8 Å². The molecule has 5 heteroatoms. The maximum absolute atomic E-state index is 12.7. The van der Waals surface area contributed by atoms with E-state index in [2.05, 4.69) is 0 Å². The number of carboxylic acid groups (broad SMARTS) is 1. The summed E-state index contributed by atoms with van der Waals surface area (Å²) < 4.78 is 5.34. The van der Waals surface area contributed by atoms with Crippen molar-refractivity contribution < 1.29 is 19.4 Å². The average molecular weight is 293 g/mol. The van der Waals surface area contributed by atoms with E-state index in [1.807, 2.05) is 19.2 Å². The Morgan fingerprint density at radius 3 is 2.43 bits per heavy atom. The molecule has 0 aromatic carbocycles. The van der Waals surface area contributed by atoms with Gasteiger partial charge in [-0.25, -0.2) is 0 Å². The van der Waals surface area contributed by atoms with Crippen LogP contribution in [0.1, 0.15) is 19.3 Å². The van der Waals surface area contributed by atoms with Crippen LogP contribution < -0.4 is 0 Å². The van der Waals surface area contributed by atoms with Crippen LogP contribution in [0, 0.1) is 29.6 Å². The van der Waals surface area contributed by atoms with Gasteiger partial charge in [0.05, 0.1) is 11.8 Å². The number of ether oxygens (including phenoxy) is 1. The predicted molar refractivity (Wildman–Crippen MR) is 76.5 cm³/mol. The van der Waals surface area contributed by atoms with Crippen LogP contribution in [0.5, 0.6) is 0 Å². The van der Waals surface area contributed by atoms with E-state index in [-0.39, 0.29) is 23.7 Å². The fourth-order valence-corrected chi connectivity index (χ4v) is 4.16. The van der Waals surface area contributed by atoms with E-state index >= 15 is 0 Å². The summed E-state index contributed by atoms with van der Waals surface area (Å²) in [5.74, 6) is -1.11. The summed E-state index contributed by atoms with van der Waals surface area (Å²) in [7, 11) is 1.81. The number of aliphatic carboxylic acids is 1. The van der Waals surface area contributed by atoms with E-state index in [1.165, 1.54) is 0 Å². The van der Waals surface area contributed by atoms with Crippen molar-refractivity contribution in [1.29, 1.82) is 0 Å².